The van der Waals surface area contributed by atoms with Gasteiger partial charge in [0.1, 0.15) is 17.7 Å². The predicted octanol–water partition coefficient (Wildman–Crippen LogP) is 2.24. The van der Waals surface area contributed by atoms with Gasteiger partial charge in [-0.25, -0.2) is 19.8 Å². The van der Waals surface area contributed by atoms with Crippen molar-refractivity contribution in [3.8, 4) is 5.82 Å². The minimum atomic E-state index is -0.487. The van der Waals surface area contributed by atoms with E-state index in [-0.39, 0.29) is 0 Å². The van der Waals surface area contributed by atoms with Crippen LogP contribution in [-0.2, 0) is 11.3 Å². The molecule has 29 heavy (non-hydrogen) atoms. The van der Waals surface area contributed by atoms with Crippen molar-refractivity contribution < 1.29 is 9.53 Å². The van der Waals surface area contributed by atoms with E-state index in [4.69, 9.17) is 4.74 Å². The van der Waals surface area contributed by atoms with Gasteiger partial charge in [-0.2, -0.15) is 0 Å². The molecule has 0 saturated heterocycles. The van der Waals surface area contributed by atoms with Crippen LogP contribution in [0.3, 0.4) is 0 Å². The summed E-state index contributed by atoms with van der Waals surface area (Å²) in [7, 11) is 0. The third kappa shape index (κ3) is 8.63. The second kappa shape index (κ2) is 11.0. The monoisotopic (exact) mass is 401 g/mol. The Morgan fingerprint density at radius 1 is 1.21 bits per heavy atom. The van der Waals surface area contributed by atoms with Crippen molar-refractivity contribution in [1.29, 1.82) is 0 Å². The number of hydrogen-bond donors (Lipinski definition) is 3. The van der Waals surface area contributed by atoms with Crippen LogP contribution in [0.4, 0.5) is 4.79 Å². The topological polar surface area (TPSA) is 105 Å². The minimum absolute atomic E-state index is 0.398. The predicted molar refractivity (Wildman–Crippen MR) is 113 cm³/mol. The summed E-state index contributed by atoms with van der Waals surface area (Å²) < 4.78 is 7.06. The average Bonchev–Trinajstić information content (AvgIpc) is 3.19. The zero-order valence-electron chi connectivity index (χ0n) is 17.6. The molecule has 0 fully saturated rings. The molecule has 9 heteroatoms. The molecule has 0 bridgehead atoms. The first-order valence-corrected chi connectivity index (χ1v) is 9.79. The molecular formula is C20H31N7O2. The highest BCUT2D eigenvalue weighted by atomic mass is 16.6. The number of guanidine groups is 1. The first kappa shape index (κ1) is 22.2. The number of hydrogen-bond acceptors (Lipinski definition) is 5. The van der Waals surface area contributed by atoms with Crippen LogP contribution in [0.5, 0.6) is 0 Å². The van der Waals surface area contributed by atoms with Crippen molar-refractivity contribution in [3.05, 3.63) is 42.6 Å². The van der Waals surface area contributed by atoms with Gasteiger partial charge in [-0.1, -0.05) is 6.07 Å². The number of rotatable bonds is 8. The molecular weight excluding hydrogens is 370 g/mol. The van der Waals surface area contributed by atoms with Gasteiger partial charge in [0.2, 0.25) is 0 Å². The van der Waals surface area contributed by atoms with E-state index >= 15 is 0 Å². The summed E-state index contributed by atoms with van der Waals surface area (Å²) in [5.41, 5.74) is 0.525. The number of nitrogens with zero attached hydrogens (tertiary/aromatic N) is 4. The van der Waals surface area contributed by atoms with Crippen LogP contribution >= 0.6 is 0 Å². The fraction of sp³-hybridized carbons (Fsp3) is 0.500. The summed E-state index contributed by atoms with van der Waals surface area (Å²) >= 11 is 0. The molecule has 1 amide bonds. The lowest BCUT2D eigenvalue weighted by Crippen LogP contribution is -2.39. The molecule has 2 rings (SSSR count). The van der Waals surface area contributed by atoms with Crippen LogP contribution in [0.15, 0.2) is 42.0 Å². The van der Waals surface area contributed by atoms with Crippen LogP contribution in [0.2, 0.25) is 0 Å². The Morgan fingerprint density at radius 2 is 2.00 bits per heavy atom. The number of carbonyl (C=O) groups excluding carboxylic acids is 1. The average molecular weight is 402 g/mol. The zero-order valence-corrected chi connectivity index (χ0v) is 17.6. The number of ether oxygens (including phenoxy) is 1. The summed E-state index contributed by atoms with van der Waals surface area (Å²) in [5.74, 6) is 1.54. The van der Waals surface area contributed by atoms with Gasteiger partial charge in [0.25, 0.3) is 0 Å². The molecule has 0 aliphatic rings. The van der Waals surface area contributed by atoms with Crippen LogP contribution in [0, 0.1) is 0 Å². The summed E-state index contributed by atoms with van der Waals surface area (Å²) in [6.45, 7) is 10.0. The van der Waals surface area contributed by atoms with Gasteiger partial charge in [0.15, 0.2) is 5.96 Å². The molecule has 0 aromatic carbocycles. The van der Waals surface area contributed by atoms with E-state index in [1.165, 1.54) is 0 Å². The lowest BCUT2D eigenvalue weighted by atomic mass is 10.2. The van der Waals surface area contributed by atoms with Gasteiger partial charge in [-0.3, -0.25) is 4.57 Å². The van der Waals surface area contributed by atoms with Crippen molar-refractivity contribution >= 4 is 12.1 Å². The SMILES string of the molecule is CCNC(=NCc1ccc(-n2ccnc2)nc1)NCCCNC(=O)OC(C)(C)C. The number of aliphatic imine (C=N–C) groups is 1. The molecule has 0 saturated carbocycles. The number of imidazole rings is 1. The van der Waals surface area contributed by atoms with Crippen LogP contribution in [-0.4, -0.2) is 51.8 Å². The minimum Gasteiger partial charge on any atom is -0.444 e. The second-order valence-corrected chi connectivity index (χ2v) is 7.40. The molecule has 9 nitrogen and oxygen atoms in total. The van der Waals surface area contributed by atoms with Gasteiger partial charge >= 0.3 is 6.09 Å². The summed E-state index contributed by atoms with van der Waals surface area (Å²) in [5, 5.41) is 9.22. The molecule has 0 unspecified atom stereocenters. The van der Waals surface area contributed by atoms with E-state index in [1.54, 1.807) is 12.5 Å². The summed E-state index contributed by atoms with van der Waals surface area (Å²) in [6.07, 6.45) is 7.45. The summed E-state index contributed by atoms with van der Waals surface area (Å²) in [4.78, 5) is 24.7. The third-order valence-electron chi connectivity index (χ3n) is 3.66. The molecule has 2 heterocycles. The maximum Gasteiger partial charge on any atom is 0.407 e. The van der Waals surface area contributed by atoms with E-state index in [9.17, 15) is 4.79 Å². The molecule has 3 N–H and O–H groups in total. The molecule has 0 aliphatic heterocycles. The number of amides is 1. The molecule has 158 valence electrons. The molecule has 0 atom stereocenters. The fourth-order valence-electron chi connectivity index (χ4n) is 2.37. The highest BCUT2D eigenvalue weighted by Crippen LogP contribution is 2.07. The van der Waals surface area contributed by atoms with E-state index in [1.807, 2.05) is 56.8 Å². The first-order valence-electron chi connectivity index (χ1n) is 9.79. The molecule has 0 aliphatic carbocycles. The first-order chi connectivity index (χ1) is 13.9. The van der Waals surface area contributed by atoms with Crippen LogP contribution < -0.4 is 16.0 Å². The van der Waals surface area contributed by atoms with Crippen molar-refractivity contribution in [3.63, 3.8) is 0 Å². The van der Waals surface area contributed by atoms with Gasteiger partial charge in [-0.05, 0) is 45.7 Å². The Balaban J connectivity index is 1.75. The smallest absolute Gasteiger partial charge is 0.407 e. The van der Waals surface area contributed by atoms with E-state index in [2.05, 4.69) is 30.9 Å². The highest BCUT2D eigenvalue weighted by Gasteiger charge is 2.15. The van der Waals surface area contributed by atoms with Gasteiger partial charge in [0.05, 0.1) is 6.54 Å². The van der Waals surface area contributed by atoms with Crippen molar-refractivity contribution in [2.45, 2.75) is 46.3 Å². The van der Waals surface area contributed by atoms with Crippen LogP contribution in [0.1, 0.15) is 39.7 Å². The maximum atomic E-state index is 11.6. The molecule has 0 radical (unpaired) electrons. The van der Waals surface area contributed by atoms with Crippen molar-refractivity contribution in [2.75, 3.05) is 19.6 Å². The van der Waals surface area contributed by atoms with E-state index in [0.29, 0.717) is 19.6 Å². The number of pyridine rings is 1. The lowest BCUT2D eigenvalue weighted by molar-refractivity contribution is 0.0527. The Hall–Kier alpha value is -3.10. The quantitative estimate of drug-likeness (QED) is 0.356. The van der Waals surface area contributed by atoms with Gasteiger partial charge < -0.3 is 20.7 Å². The largest absolute Gasteiger partial charge is 0.444 e. The lowest BCUT2D eigenvalue weighted by Gasteiger charge is -2.19. The third-order valence-corrected chi connectivity index (χ3v) is 3.66. The second-order valence-electron chi connectivity index (χ2n) is 7.40. The number of aromatic nitrogens is 3. The van der Waals surface area contributed by atoms with E-state index in [0.717, 1.165) is 30.3 Å². The number of carbonyl (C=O) groups is 1. The number of alkyl carbamates (subject to hydrolysis) is 1. The molecule has 0 spiro atoms. The van der Waals surface area contributed by atoms with Crippen molar-refractivity contribution in [2.24, 2.45) is 4.99 Å². The normalized spacial score (nSPS) is 11.8. The summed E-state index contributed by atoms with van der Waals surface area (Å²) in [6, 6.07) is 3.94. The zero-order chi connectivity index (χ0) is 21.1. The Bertz CT molecular complexity index is 765. The highest BCUT2D eigenvalue weighted by molar-refractivity contribution is 5.79. The van der Waals surface area contributed by atoms with Gasteiger partial charge in [0, 0.05) is 38.2 Å². The van der Waals surface area contributed by atoms with Gasteiger partial charge in [-0.15, -0.1) is 0 Å². The Kier molecular flexibility index (Phi) is 8.45. The standard InChI is InChI=1S/C20H31N7O2/c1-5-22-18(23-9-6-10-24-19(28)29-20(2,3)4)26-14-16-7-8-17(25-13-16)27-12-11-21-15-27/h7-8,11-13,15H,5-6,9-10,14H2,1-4H3,(H,24,28)(H2,22,23,26). The molecule has 2 aromatic heterocycles. The number of nitrogens with one attached hydrogen (secondary N) is 3. The van der Waals surface area contributed by atoms with Crippen LogP contribution in [0.25, 0.3) is 5.82 Å². The Morgan fingerprint density at radius 3 is 2.62 bits per heavy atom. The fourth-order valence-corrected chi connectivity index (χ4v) is 2.37. The maximum absolute atomic E-state index is 11.6. The van der Waals surface area contributed by atoms with Crippen molar-refractivity contribution in [1.82, 2.24) is 30.5 Å². The molecule has 2 aromatic rings. The Labute approximate surface area is 172 Å². The van der Waals surface area contributed by atoms with E-state index < -0.39 is 11.7 Å².